The zero-order valence-electron chi connectivity index (χ0n) is 8.57. The van der Waals surface area contributed by atoms with E-state index < -0.39 is 17.3 Å². The molecule has 1 saturated carbocycles. The van der Waals surface area contributed by atoms with E-state index >= 15 is 0 Å². The van der Waals surface area contributed by atoms with E-state index in [2.05, 4.69) is 0 Å². The maximum atomic E-state index is 13.3. The number of hydrogen-bond acceptors (Lipinski definition) is 3. The van der Waals surface area contributed by atoms with Crippen molar-refractivity contribution in [2.24, 2.45) is 0 Å². The number of hydrogen-bond donors (Lipinski definition) is 2. The molecule has 0 atom stereocenters. The highest BCUT2D eigenvalue weighted by atomic mass is 19.1. The molecule has 0 unspecified atom stereocenters. The van der Waals surface area contributed by atoms with Crippen molar-refractivity contribution < 1.29 is 19.0 Å². The number of aromatic carboxylic acids is 1. The van der Waals surface area contributed by atoms with E-state index in [1.54, 1.807) is 0 Å². The van der Waals surface area contributed by atoms with Gasteiger partial charge < -0.3 is 15.6 Å². The second-order valence-corrected chi connectivity index (χ2v) is 3.85. The van der Waals surface area contributed by atoms with Gasteiger partial charge in [0.25, 0.3) is 0 Å². The second kappa shape index (κ2) is 4.00. The summed E-state index contributed by atoms with van der Waals surface area (Å²) in [4.78, 5) is 10.6. The number of anilines is 1. The first-order valence-corrected chi connectivity index (χ1v) is 5.07. The lowest BCUT2D eigenvalue weighted by Crippen LogP contribution is -2.25. The predicted octanol–water partition coefficient (Wildman–Crippen LogP) is 2.04. The van der Waals surface area contributed by atoms with Crippen LogP contribution in [-0.2, 0) is 0 Å². The number of benzene rings is 1. The van der Waals surface area contributed by atoms with E-state index in [4.69, 9.17) is 15.6 Å². The van der Waals surface area contributed by atoms with Gasteiger partial charge in [-0.25, -0.2) is 9.18 Å². The third-order valence-corrected chi connectivity index (χ3v) is 2.68. The highest BCUT2D eigenvalue weighted by Gasteiger charge is 2.21. The number of carboxylic acid groups (broad SMARTS) is 1. The molecule has 1 aliphatic carbocycles. The van der Waals surface area contributed by atoms with Crippen molar-refractivity contribution in [1.82, 2.24) is 0 Å². The van der Waals surface area contributed by atoms with Crippen molar-refractivity contribution in [2.45, 2.75) is 25.4 Å². The third kappa shape index (κ3) is 1.93. The second-order valence-electron chi connectivity index (χ2n) is 3.85. The maximum Gasteiger partial charge on any atom is 0.338 e. The largest absolute Gasteiger partial charge is 0.488 e. The Morgan fingerprint density at radius 1 is 1.50 bits per heavy atom. The summed E-state index contributed by atoms with van der Waals surface area (Å²) in [5.41, 5.74) is 5.33. The van der Waals surface area contributed by atoms with Crippen LogP contribution in [0.4, 0.5) is 10.1 Å². The molecule has 0 saturated heterocycles. The predicted molar refractivity (Wildman–Crippen MR) is 56.0 cm³/mol. The lowest BCUT2D eigenvalue weighted by atomic mass is 9.96. The SMILES string of the molecule is Nc1cc(C(=O)O)c(F)cc1OC1CCC1. The van der Waals surface area contributed by atoms with Gasteiger partial charge in [0.05, 0.1) is 17.4 Å². The Kier molecular flexibility index (Phi) is 2.68. The fourth-order valence-electron chi connectivity index (χ4n) is 1.51. The maximum absolute atomic E-state index is 13.3. The average Bonchev–Trinajstić information content (AvgIpc) is 2.15. The molecule has 5 heteroatoms. The number of nitrogen functional groups attached to an aromatic ring is 1. The fourth-order valence-corrected chi connectivity index (χ4v) is 1.51. The molecule has 1 aliphatic rings. The Bertz CT molecular complexity index is 429. The number of carboxylic acids is 1. The fraction of sp³-hybridized carbons (Fsp3) is 0.364. The van der Waals surface area contributed by atoms with E-state index in [0.29, 0.717) is 0 Å². The molecule has 0 aliphatic heterocycles. The van der Waals surface area contributed by atoms with E-state index in [9.17, 15) is 9.18 Å². The Morgan fingerprint density at radius 3 is 2.69 bits per heavy atom. The molecule has 0 heterocycles. The van der Waals surface area contributed by atoms with Gasteiger partial charge in [0.15, 0.2) is 0 Å². The van der Waals surface area contributed by atoms with Gasteiger partial charge in [-0.3, -0.25) is 0 Å². The van der Waals surface area contributed by atoms with Gasteiger partial charge in [0.1, 0.15) is 11.6 Å². The number of halogens is 1. The first kappa shape index (κ1) is 10.7. The van der Waals surface area contributed by atoms with Crippen LogP contribution in [0.2, 0.25) is 0 Å². The minimum absolute atomic E-state index is 0.0809. The van der Waals surface area contributed by atoms with E-state index in [0.717, 1.165) is 31.4 Å². The Morgan fingerprint density at radius 2 is 2.19 bits per heavy atom. The van der Waals surface area contributed by atoms with Crippen LogP contribution in [0.1, 0.15) is 29.6 Å². The van der Waals surface area contributed by atoms with Gasteiger partial charge in [-0.1, -0.05) is 0 Å². The molecule has 1 fully saturated rings. The number of nitrogens with two attached hydrogens (primary N) is 1. The van der Waals surface area contributed by atoms with Crippen molar-refractivity contribution in [3.8, 4) is 5.75 Å². The summed E-state index contributed by atoms with van der Waals surface area (Å²) >= 11 is 0. The Balaban J connectivity index is 2.25. The standard InChI is InChI=1S/C11H12FNO3/c12-8-5-10(16-6-2-1-3-6)9(13)4-7(8)11(14)15/h4-6H,1-3,13H2,(H,14,15). The molecule has 1 aromatic carbocycles. The minimum atomic E-state index is -1.33. The smallest absolute Gasteiger partial charge is 0.338 e. The van der Waals surface area contributed by atoms with Gasteiger partial charge in [0, 0.05) is 6.07 Å². The van der Waals surface area contributed by atoms with Crippen LogP contribution < -0.4 is 10.5 Å². The molecule has 0 amide bonds. The van der Waals surface area contributed by atoms with E-state index in [1.165, 1.54) is 0 Å². The molecule has 0 aromatic heterocycles. The van der Waals surface area contributed by atoms with Crippen molar-refractivity contribution in [1.29, 1.82) is 0 Å². The van der Waals surface area contributed by atoms with E-state index in [1.807, 2.05) is 0 Å². The molecule has 4 nitrogen and oxygen atoms in total. The normalized spacial score (nSPS) is 15.6. The quantitative estimate of drug-likeness (QED) is 0.772. The van der Waals surface area contributed by atoms with Gasteiger partial charge in [-0.2, -0.15) is 0 Å². The average molecular weight is 225 g/mol. The van der Waals surface area contributed by atoms with Crippen LogP contribution in [0, 0.1) is 5.82 Å². The summed E-state index contributed by atoms with van der Waals surface area (Å²) in [6.45, 7) is 0. The summed E-state index contributed by atoms with van der Waals surface area (Å²) in [7, 11) is 0. The van der Waals surface area contributed by atoms with Crippen molar-refractivity contribution in [3.63, 3.8) is 0 Å². The highest BCUT2D eigenvalue weighted by molar-refractivity contribution is 5.89. The number of carbonyl (C=O) groups is 1. The number of rotatable bonds is 3. The van der Waals surface area contributed by atoms with Crippen molar-refractivity contribution >= 4 is 11.7 Å². The first-order chi connectivity index (χ1) is 7.58. The molecular formula is C11H12FNO3. The summed E-state index contributed by atoms with van der Waals surface area (Å²) < 4.78 is 18.8. The summed E-state index contributed by atoms with van der Waals surface area (Å²) in [5.74, 6) is -1.93. The van der Waals surface area contributed by atoms with Crippen molar-refractivity contribution in [3.05, 3.63) is 23.5 Å². The number of ether oxygens (including phenoxy) is 1. The lowest BCUT2D eigenvalue weighted by Gasteiger charge is -2.27. The van der Waals surface area contributed by atoms with Crippen molar-refractivity contribution in [2.75, 3.05) is 5.73 Å². The van der Waals surface area contributed by atoms with Gasteiger partial charge >= 0.3 is 5.97 Å². The Hall–Kier alpha value is -1.78. The van der Waals surface area contributed by atoms with Crippen LogP contribution in [0.3, 0.4) is 0 Å². The van der Waals surface area contributed by atoms with Crippen LogP contribution >= 0.6 is 0 Å². The first-order valence-electron chi connectivity index (χ1n) is 5.07. The van der Waals surface area contributed by atoms with Gasteiger partial charge in [-0.15, -0.1) is 0 Å². The van der Waals surface area contributed by atoms with Crippen LogP contribution in [0.5, 0.6) is 5.75 Å². The molecule has 16 heavy (non-hydrogen) atoms. The zero-order chi connectivity index (χ0) is 11.7. The van der Waals surface area contributed by atoms with Crippen LogP contribution in [-0.4, -0.2) is 17.2 Å². The Labute approximate surface area is 91.8 Å². The summed E-state index contributed by atoms with van der Waals surface area (Å²) in [6, 6.07) is 2.13. The topological polar surface area (TPSA) is 72.6 Å². The summed E-state index contributed by atoms with van der Waals surface area (Å²) in [6.07, 6.45) is 3.04. The summed E-state index contributed by atoms with van der Waals surface area (Å²) in [5, 5.41) is 8.68. The zero-order valence-corrected chi connectivity index (χ0v) is 8.57. The minimum Gasteiger partial charge on any atom is -0.488 e. The third-order valence-electron chi connectivity index (χ3n) is 2.68. The molecule has 3 N–H and O–H groups in total. The van der Waals surface area contributed by atoms with Crippen LogP contribution in [0.25, 0.3) is 0 Å². The highest BCUT2D eigenvalue weighted by Crippen LogP contribution is 2.31. The molecule has 0 spiro atoms. The molecule has 1 aromatic rings. The van der Waals surface area contributed by atoms with E-state index in [-0.39, 0.29) is 17.5 Å². The lowest BCUT2D eigenvalue weighted by molar-refractivity contribution is 0.0691. The monoisotopic (exact) mass is 225 g/mol. The van der Waals surface area contributed by atoms with Gasteiger partial charge in [0.2, 0.25) is 0 Å². The molecule has 0 radical (unpaired) electrons. The molecule has 86 valence electrons. The van der Waals surface area contributed by atoms with Gasteiger partial charge in [-0.05, 0) is 25.3 Å². The molecular weight excluding hydrogens is 213 g/mol. The molecule has 0 bridgehead atoms. The molecule has 2 rings (SSSR count). The van der Waals surface area contributed by atoms with Crippen LogP contribution in [0.15, 0.2) is 12.1 Å².